The number of piperidine rings is 1. The summed E-state index contributed by atoms with van der Waals surface area (Å²) in [5, 5.41) is 3.50. The Morgan fingerprint density at radius 3 is 3.00 bits per heavy atom. The fourth-order valence-electron chi connectivity index (χ4n) is 1.43. The van der Waals surface area contributed by atoms with Gasteiger partial charge in [0.25, 0.3) is 0 Å². The molecule has 0 aliphatic carbocycles. The first-order valence-electron chi connectivity index (χ1n) is 4.28. The van der Waals surface area contributed by atoms with E-state index < -0.39 is 0 Å². The first kappa shape index (κ1) is 7.80. The first-order chi connectivity index (χ1) is 4.93. The Bertz CT molecular complexity index is 101. The van der Waals surface area contributed by atoms with Crippen molar-refractivity contribution in [3.8, 4) is 0 Å². The molecule has 1 unspecified atom stereocenters. The highest BCUT2D eigenvalue weighted by Gasteiger charge is 2.09. The molecule has 10 heavy (non-hydrogen) atoms. The van der Waals surface area contributed by atoms with Crippen LogP contribution in [0.3, 0.4) is 0 Å². The van der Waals surface area contributed by atoms with Crippen LogP contribution in [-0.2, 0) is 0 Å². The molecule has 1 aliphatic rings. The zero-order chi connectivity index (χ0) is 7.23. The summed E-state index contributed by atoms with van der Waals surface area (Å²) < 4.78 is 0. The van der Waals surface area contributed by atoms with Gasteiger partial charge >= 0.3 is 0 Å². The lowest BCUT2D eigenvalue weighted by molar-refractivity contribution is 0.403. The highest BCUT2D eigenvalue weighted by Crippen LogP contribution is 2.09. The Kier molecular flexibility index (Phi) is 3.52. The third kappa shape index (κ3) is 2.53. The van der Waals surface area contributed by atoms with Crippen LogP contribution in [0.5, 0.6) is 0 Å². The zero-order valence-corrected chi connectivity index (χ0v) is 6.77. The van der Waals surface area contributed by atoms with Gasteiger partial charge in [0.2, 0.25) is 0 Å². The average Bonchev–Trinajstić information content (AvgIpc) is 2.03. The summed E-state index contributed by atoms with van der Waals surface area (Å²) in [6, 6.07) is 0.768. The normalized spacial score (nSPS) is 27.5. The molecule has 1 nitrogen and oxygen atoms in total. The Morgan fingerprint density at radius 2 is 2.40 bits per heavy atom. The Morgan fingerprint density at radius 1 is 1.50 bits per heavy atom. The van der Waals surface area contributed by atoms with E-state index in [0.717, 1.165) is 6.04 Å². The molecule has 1 heteroatoms. The van der Waals surface area contributed by atoms with Crippen molar-refractivity contribution < 1.29 is 0 Å². The van der Waals surface area contributed by atoms with Gasteiger partial charge in [0, 0.05) is 6.04 Å². The van der Waals surface area contributed by atoms with Crippen molar-refractivity contribution in [3.63, 3.8) is 0 Å². The molecule has 1 aliphatic heterocycles. The van der Waals surface area contributed by atoms with Crippen LogP contribution in [-0.4, -0.2) is 12.6 Å². The number of rotatable bonds is 2. The molecule has 1 saturated heterocycles. The maximum Gasteiger partial charge on any atom is 0.0102 e. The molecule has 0 amide bonds. The van der Waals surface area contributed by atoms with E-state index in [-0.39, 0.29) is 0 Å². The molecule has 0 spiro atoms. The lowest BCUT2D eigenvalue weighted by Gasteiger charge is -2.21. The number of allylic oxidation sites excluding steroid dienone is 1. The second-order valence-electron chi connectivity index (χ2n) is 2.95. The third-order valence-electron chi connectivity index (χ3n) is 2.07. The predicted octanol–water partition coefficient (Wildman–Crippen LogP) is 2.09. The molecule has 1 rings (SSSR count). The smallest absolute Gasteiger partial charge is 0.0102 e. The number of hydrogen-bond acceptors (Lipinski definition) is 1. The van der Waals surface area contributed by atoms with Gasteiger partial charge in [0.1, 0.15) is 0 Å². The minimum atomic E-state index is 0.768. The molecule has 1 heterocycles. The summed E-state index contributed by atoms with van der Waals surface area (Å²) in [5.74, 6) is 0. The minimum absolute atomic E-state index is 0.768. The van der Waals surface area contributed by atoms with E-state index in [9.17, 15) is 0 Å². The Balaban J connectivity index is 2.13. The van der Waals surface area contributed by atoms with Crippen LogP contribution in [0.25, 0.3) is 0 Å². The number of nitrogens with one attached hydrogen (secondary N) is 1. The summed E-state index contributed by atoms with van der Waals surface area (Å²) in [6.45, 7) is 3.31. The van der Waals surface area contributed by atoms with Crippen LogP contribution < -0.4 is 5.32 Å². The zero-order valence-electron chi connectivity index (χ0n) is 6.77. The van der Waals surface area contributed by atoms with Gasteiger partial charge in [-0.15, -0.1) is 0 Å². The Hall–Kier alpha value is -0.300. The molecular weight excluding hydrogens is 122 g/mol. The second kappa shape index (κ2) is 4.51. The largest absolute Gasteiger partial charge is 0.314 e. The van der Waals surface area contributed by atoms with E-state index in [2.05, 4.69) is 24.4 Å². The maximum absolute atomic E-state index is 3.50. The van der Waals surface area contributed by atoms with E-state index in [1.807, 2.05) is 0 Å². The van der Waals surface area contributed by atoms with Crippen LogP contribution in [0.2, 0.25) is 0 Å². The molecule has 0 radical (unpaired) electrons. The van der Waals surface area contributed by atoms with Crippen molar-refractivity contribution in [2.75, 3.05) is 6.54 Å². The molecule has 1 N–H and O–H groups in total. The van der Waals surface area contributed by atoms with Crippen LogP contribution in [0, 0.1) is 0 Å². The molecule has 1 atom stereocenters. The second-order valence-corrected chi connectivity index (χ2v) is 2.95. The van der Waals surface area contributed by atoms with Gasteiger partial charge in [0.15, 0.2) is 0 Å². The van der Waals surface area contributed by atoms with E-state index >= 15 is 0 Å². The van der Waals surface area contributed by atoms with Crippen molar-refractivity contribution >= 4 is 0 Å². The summed E-state index contributed by atoms with van der Waals surface area (Å²) >= 11 is 0. The van der Waals surface area contributed by atoms with Crippen LogP contribution in [0.1, 0.15) is 32.6 Å². The van der Waals surface area contributed by atoms with Crippen LogP contribution >= 0.6 is 0 Å². The van der Waals surface area contributed by atoms with Crippen LogP contribution in [0.4, 0.5) is 0 Å². The maximum atomic E-state index is 3.50. The van der Waals surface area contributed by atoms with E-state index in [1.165, 1.54) is 32.2 Å². The van der Waals surface area contributed by atoms with Crippen molar-refractivity contribution in [1.29, 1.82) is 0 Å². The number of hydrogen-bond donors (Lipinski definition) is 1. The van der Waals surface area contributed by atoms with Gasteiger partial charge < -0.3 is 5.32 Å². The fourth-order valence-corrected chi connectivity index (χ4v) is 1.43. The van der Waals surface area contributed by atoms with Crippen molar-refractivity contribution in [1.82, 2.24) is 5.32 Å². The molecule has 0 aromatic carbocycles. The monoisotopic (exact) mass is 139 g/mol. The molecule has 58 valence electrons. The predicted molar refractivity (Wildman–Crippen MR) is 45.1 cm³/mol. The van der Waals surface area contributed by atoms with E-state index in [0.29, 0.717) is 0 Å². The standard InChI is InChI=1S/C9H17N/c1-2-3-6-9-7-4-5-8-10-9/h2-3,9-10H,4-8H2,1H3/b3-2-. The molecule has 0 saturated carbocycles. The van der Waals surface area contributed by atoms with Crippen molar-refractivity contribution in [2.45, 2.75) is 38.6 Å². The van der Waals surface area contributed by atoms with Gasteiger partial charge in [-0.2, -0.15) is 0 Å². The minimum Gasteiger partial charge on any atom is -0.314 e. The third-order valence-corrected chi connectivity index (χ3v) is 2.07. The van der Waals surface area contributed by atoms with E-state index in [4.69, 9.17) is 0 Å². The first-order valence-corrected chi connectivity index (χ1v) is 4.28. The van der Waals surface area contributed by atoms with Gasteiger partial charge in [0.05, 0.1) is 0 Å². The fraction of sp³-hybridized carbons (Fsp3) is 0.778. The Labute approximate surface area is 63.5 Å². The lowest BCUT2D eigenvalue weighted by atomic mass is 10.0. The molecule has 0 aromatic heterocycles. The van der Waals surface area contributed by atoms with Gasteiger partial charge in [-0.05, 0) is 32.7 Å². The van der Waals surface area contributed by atoms with Gasteiger partial charge in [-0.1, -0.05) is 18.6 Å². The quantitative estimate of drug-likeness (QED) is 0.578. The lowest BCUT2D eigenvalue weighted by Crippen LogP contribution is -2.33. The average molecular weight is 139 g/mol. The highest BCUT2D eigenvalue weighted by atomic mass is 14.9. The molecular formula is C9H17N. The highest BCUT2D eigenvalue weighted by molar-refractivity contribution is 4.84. The SMILES string of the molecule is C/C=C\CC1CCCCN1. The molecule has 0 bridgehead atoms. The van der Waals surface area contributed by atoms with Gasteiger partial charge in [-0.3, -0.25) is 0 Å². The van der Waals surface area contributed by atoms with Crippen molar-refractivity contribution in [3.05, 3.63) is 12.2 Å². The summed E-state index contributed by atoms with van der Waals surface area (Å²) in [7, 11) is 0. The summed E-state index contributed by atoms with van der Waals surface area (Å²) in [6.07, 6.45) is 9.75. The van der Waals surface area contributed by atoms with E-state index in [1.54, 1.807) is 0 Å². The summed E-state index contributed by atoms with van der Waals surface area (Å²) in [4.78, 5) is 0. The topological polar surface area (TPSA) is 12.0 Å². The van der Waals surface area contributed by atoms with Crippen LogP contribution in [0.15, 0.2) is 12.2 Å². The van der Waals surface area contributed by atoms with Crippen molar-refractivity contribution in [2.24, 2.45) is 0 Å². The molecule has 0 aromatic rings. The summed E-state index contributed by atoms with van der Waals surface area (Å²) in [5.41, 5.74) is 0. The molecule has 1 fully saturated rings. The van der Waals surface area contributed by atoms with Gasteiger partial charge in [-0.25, -0.2) is 0 Å².